The number of nitrogens with zero attached hydrogens (tertiary/aromatic N) is 3. The summed E-state index contributed by atoms with van der Waals surface area (Å²) in [4.78, 5) is 13.1. The highest BCUT2D eigenvalue weighted by atomic mass is 15.1. The Balaban J connectivity index is 1.80. The van der Waals surface area contributed by atoms with Crippen LogP contribution in [0.25, 0.3) is 0 Å². The van der Waals surface area contributed by atoms with Gasteiger partial charge in [0.25, 0.3) is 0 Å². The number of hydrogen-bond acceptors (Lipinski definition) is 5. The molecule has 0 atom stereocenters. The van der Waals surface area contributed by atoms with Crippen molar-refractivity contribution in [2.75, 3.05) is 10.6 Å². The van der Waals surface area contributed by atoms with Crippen molar-refractivity contribution in [3.8, 4) is 0 Å². The summed E-state index contributed by atoms with van der Waals surface area (Å²) in [6.45, 7) is 8.90. The first-order chi connectivity index (χ1) is 12.0. The van der Waals surface area contributed by atoms with Crippen molar-refractivity contribution in [1.82, 2.24) is 15.0 Å². The lowest BCUT2D eigenvalue weighted by atomic mass is 10.1. The Kier molecular flexibility index (Phi) is 4.93. The van der Waals surface area contributed by atoms with E-state index < -0.39 is 0 Å². The minimum atomic E-state index is 0.673. The predicted molar refractivity (Wildman–Crippen MR) is 102 cm³/mol. The van der Waals surface area contributed by atoms with E-state index in [0.717, 1.165) is 28.7 Å². The second-order valence-corrected chi connectivity index (χ2v) is 6.30. The molecule has 2 heterocycles. The Morgan fingerprint density at radius 2 is 1.64 bits per heavy atom. The molecule has 0 saturated heterocycles. The molecule has 25 heavy (non-hydrogen) atoms. The van der Waals surface area contributed by atoms with Crippen LogP contribution in [0.4, 0.5) is 17.3 Å². The van der Waals surface area contributed by atoms with E-state index in [1.54, 1.807) is 6.20 Å². The largest absolute Gasteiger partial charge is 0.366 e. The van der Waals surface area contributed by atoms with Crippen LogP contribution in [0.1, 0.15) is 28.1 Å². The Bertz CT molecular complexity index is 852. The summed E-state index contributed by atoms with van der Waals surface area (Å²) in [6, 6.07) is 10.2. The van der Waals surface area contributed by atoms with Crippen molar-refractivity contribution in [3.63, 3.8) is 0 Å². The Hall–Kier alpha value is -2.95. The fraction of sp³-hybridized carbons (Fsp3) is 0.250. The number of aromatic nitrogens is 3. The van der Waals surface area contributed by atoms with Crippen LogP contribution in [0.3, 0.4) is 0 Å². The summed E-state index contributed by atoms with van der Waals surface area (Å²) in [5.41, 5.74) is 5.89. The van der Waals surface area contributed by atoms with Gasteiger partial charge in [-0.25, -0.2) is 9.97 Å². The van der Waals surface area contributed by atoms with Gasteiger partial charge in [-0.3, -0.25) is 4.98 Å². The highest BCUT2D eigenvalue weighted by Gasteiger charge is 2.07. The number of aryl methyl sites for hydroxylation is 4. The normalized spacial score (nSPS) is 10.6. The Labute approximate surface area is 148 Å². The van der Waals surface area contributed by atoms with E-state index in [1.807, 2.05) is 31.3 Å². The molecule has 0 aliphatic rings. The second kappa shape index (κ2) is 7.30. The first-order valence-corrected chi connectivity index (χ1v) is 8.34. The van der Waals surface area contributed by atoms with E-state index in [-0.39, 0.29) is 0 Å². The maximum Gasteiger partial charge on any atom is 0.136 e. The molecule has 0 aliphatic carbocycles. The molecule has 5 heteroatoms. The molecule has 128 valence electrons. The molecule has 0 aliphatic heterocycles. The van der Waals surface area contributed by atoms with Crippen molar-refractivity contribution in [1.29, 1.82) is 0 Å². The quantitative estimate of drug-likeness (QED) is 0.722. The number of anilines is 3. The van der Waals surface area contributed by atoms with Crippen molar-refractivity contribution in [2.45, 2.75) is 34.2 Å². The smallest absolute Gasteiger partial charge is 0.136 e. The highest BCUT2D eigenvalue weighted by molar-refractivity contribution is 5.66. The third-order valence-electron chi connectivity index (χ3n) is 3.96. The average Bonchev–Trinajstić information content (AvgIpc) is 2.57. The van der Waals surface area contributed by atoms with Crippen LogP contribution in [0.2, 0.25) is 0 Å². The zero-order chi connectivity index (χ0) is 17.8. The molecule has 0 saturated carbocycles. The van der Waals surface area contributed by atoms with E-state index in [0.29, 0.717) is 6.54 Å². The topological polar surface area (TPSA) is 62.7 Å². The van der Waals surface area contributed by atoms with Crippen molar-refractivity contribution < 1.29 is 0 Å². The molecule has 3 aromatic rings. The fourth-order valence-electron chi connectivity index (χ4n) is 2.92. The summed E-state index contributed by atoms with van der Waals surface area (Å²) in [6.07, 6.45) is 3.62. The SMILES string of the molecule is Cc1cc(C)c(Nc2cc(NCc3cccnc3)nc(C)n2)c(C)c1. The maximum atomic E-state index is 4.51. The zero-order valence-electron chi connectivity index (χ0n) is 15.1. The number of pyridine rings is 1. The highest BCUT2D eigenvalue weighted by Crippen LogP contribution is 2.26. The molecule has 0 amide bonds. The second-order valence-electron chi connectivity index (χ2n) is 6.30. The number of nitrogens with one attached hydrogen (secondary N) is 2. The van der Waals surface area contributed by atoms with Gasteiger partial charge in [-0.2, -0.15) is 0 Å². The van der Waals surface area contributed by atoms with Crippen LogP contribution in [-0.4, -0.2) is 15.0 Å². The van der Waals surface area contributed by atoms with Crippen LogP contribution in [0.5, 0.6) is 0 Å². The lowest BCUT2D eigenvalue weighted by molar-refractivity contribution is 1.02. The molecular weight excluding hydrogens is 310 g/mol. The third-order valence-corrected chi connectivity index (χ3v) is 3.96. The molecule has 0 bridgehead atoms. The van der Waals surface area contributed by atoms with Gasteiger partial charge in [-0.15, -0.1) is 0 Å². The molecular formula is C20H23N5. The van der Waals surface area contributed by atoms with Gasteiger partial charge in [0, 0.05) is 30.7 Å². The third kappa shape index (κ3) is 4.32. The van der Waals surface area contributed by atoms with E-state index in [2.05, 4.69) is 58.5 Å². The number of rotatable bonds is 5. The molecule has 0 fully saturated rings. The molecule has 5 nitrogen and oxygen atoms in total. The number of benzene rings is 1. The molecule has 1 aromatic carbocycles. The monoisotopic (exact) mass is 333 g/mol. The minimum Gasteiger partial charge on any atom is -0.366 e. The summed E-state index contributed by atoms with van der Waals surface area (Å²) in [7, 11) is 0. The summed E-state index contributed by atoms with van der Waals surface area (Å²) >= 11 is 0. The Morgan fingerprint density at radius 1 is 0.920 bits per heavy atom. The van der Waals surface area contributed by atoms with Gasteiger partial charge < -0.3 is 10.6 Å². The molecule has 0 spiro atoms. The molecule has 2 N–H and O–H groups in total. The van der Waals surface area contributed by atoms with Crippen LogP contribution in [0, 0.1) is 27.7 Å². The average molecular weight is 333 g/mol. The summed E-state index contributed by atoms with van der Waals surface area (Å²) in [5, 5.41) is 6.78. The molecule has 0 unspecified atom stereocenters. The van der Waals surface area contributed by atoms with Crippen LogP contribution in [0.15, 0.2) is 42.7 Å². The zero-order valence-corrected chi connectivity index (χ0v) is 15.1. The van der Waals surface area contributed by atoms with Crippen molar-refractivity contribution in [2.24, 2.45) is 0 Å². The Morgan fingerprint density at radius 3 is 2.32 bits per heavy atom. The van der Waals surface area contributed by atoms with Gasteiger partial charge >= 0.3 is 0 Å². The lowest BCUT2D eigenvalue weighted by Gasteiger charge is -2.15. The fourth-order valence-corrected chi connectivity index (χ4v) is 2.92. The van der Waals surface area contributed by atoms with Crippen LogP contribution < -0.4 is 10.6 Å². The van der Waals surface area contributed by atoms with Crippen LogP contribution in [-0.2, 0) is 6.54 Å². The van der Waals surface area contributed by atoms with Gasteiger partial charge in [0.1, 0.15) is 17.5 Å². The van der Waals surface area contributed by atoms with E-state index >= 15 is 0 Å². The van der Waals surface area contributed by atoms with Gasteiger partial charge in [-0.05, 0) is 50.5 Å². The maximum absolute atomic E-state index is 4.51. The van der Waals surface area contributed by atoms with Crippen molar-refractivity contribution in [3.05, 3.63) is 70.8 Å². The van der Waals surface area contributed by atoms with E-state index in [4.69, 9.17) is 0 Å². The van der Waals surface area contributed by atoms with Gasteiger partial charge in [0.05, 0.1) is 0 Å². The van der Waals surface area contributed by atoms with E-state index in [1.165, 1.54) is 16.7 Å². The van der Waals surface area contributed by atoms with Crippen LogP contribution >= 0.6 is 0 Å². The molecule has 2 aromatic heterocycles. The lowest BCUT2D eigenvalue weighted by Crippen LogP contribution is -2.06. The predicted octanol–water partition coefficient (Wildman–Crippen LogP) is 4.46. The standard InChI is InChI=1S/C20H23N5/c1-13-8-14(2)20(15(3)9-13)25-19-10-18(23-16(4)24-19)22-12-17-6-5-7-21-11-17/h5-11H,12H2,1-4H3,(H2,22,23,24,25). The van der Waals surface area contributed by atoms with Crippen molar-refractivity contribution >= 4 is 17.3 Å². The molecule has 3 rings (SSSR count). The first-order valence-electron chi connectivity index (χ1n) is 8.34. The van der Waals surface area contributed by atoms with E-state index in [9.17, 15) is 0 Å². The first kappa shape index (κ1) is 16.9. The minimum absolute atomic E-state index is 0.673. The summed E-state index contributed by atoms with van der Waals surface area (Å²) < 4.78 is 0. The molecule has 0 radical (unpaired) electrons. The van der Waals surface area contributed by atoms with Gasteiger partial charge in [0.15, 0.2) is 0 Å². The summed E-state index contributed by atoms with van der Waals surface area (Å²) in [5.74, 6) is 2.30. The van der Waals surface area contributed by atoms with Gasteiger partial charge in [0.2, 0.25) is 0 Å². The number of hydrogen-bond donors (Lipinski definition) is 2. The van der Waals surface area contributed by atoms with Gasteiger partial charge in [-0.1, -0.05) is 23.8 Å².